The highest BCUT2D eigenvalue weighted by Crippen LogP contribution is 2.38. The summed E-state index contributed by atoms with van der Waals surface area (Å²) in [6.45, 7) is 5.09. The van der Waals surface area contributed by atoms with E-state index in [0.29, 0.717) is 44.5 Å². The van der Waals surface area contributed by atoms with E-state index in [0.717, 1.165) is 12.1 Å². The van der Waals surface area contributed by atoms with Crippen molar-refractivity contribution in [2.75, 3.05) is 53.7 Å². The van der Waals surface area contributed by atoms with Gasteiger partial charge in [0.2, 0.25) is 5.75 Å². The van der Waals surface area contributed by atoms with Crippen molar-refractivity contribution in [2.45, 2.75) is 57.1 Å². The number of rotatable bonds is 13. The van der Waals surface area contributed by atoms with Crippen molar-refractivity contribution in [3.05, 3.63) is 17.7 Å². The molecule has 188 valence electrons. The molecule has 1 fully saturated rings. The van der Waals surface area contributed by atoms with Crippen LogP contribution in [0, 0.1) is 6.92 Å². The first kappa shape index (κ1) is 27.6. The predicted molar refractivity (Wildman–Crippen MR) is 133 cm³/mol. The lowest BCUT2D eigenvalue weighted by Gasteiger charge is -2.32. The maximum absolute atomic E-state index is 12.1. The zero-order valence-electron chi connectivity index (χ0n) is 20.4. The largest absolute Gasteiger partial charge is 0.493 e. The van der Waals surface area contributed by atoms with Crippen molar-refractivity contribution >= 4 is 15.3 Å². The van der Waals surface area contributed by atoms with Crippen LogP contribution < -0.4 is 24.8 Å². The summed E-state index contributed by atoms with van der Waals surface area (Å²) in [6.07, 6.45) is 8.45. The normalized spacial score (nSPS) is 15.9. The zero-order chi connectivity index (χ0) is 23.9. The number of carbonyl (C=O) groups excluding carboxylic acids is 1. The van der Waals surface area contributed by atoms with E-state index >= 15 is 0 Å². The van der Waals surface area contributed by atoms with Gasteiger partial charge in [-0.3, -0.25) is 0 Å². The number of carbonyl (C=O) groups is 1. The van der Waals surface area contributed by atoms with Crippen LogP contribution in [0.5, 0.6) is 17.2 Å². The summed E-state index contributed by atoms with van der Waals surface area (Å²) in [6, 6.07) is 3.56. The second-order valence-electron chi connectivity index (χ2n) is 8.39. The summed E-state index contributed by atoms with van der Waals surface area (Å²) in [5.74, 6) is 1.12. The van der Waals surface area contributed by atoms with Crippen LogP contribution in [0.25, 0.3) is 0 Å². The summed E-state index contributed by atoms with van der Waals surface area (Å²) in [4.78, 5) is 12.1. The predicted octanol–water partition coefficient (Wildman–Crippen LogP) is 4.04. The molecule has 1 aromatic rings. The third kappa shape index (κ3) is 10.5. The summed E-state index contributed by atoms with van der Waals surface area (Å²) in [5.41, 5.74) is 0.941. The molecule has 1 amide bonds. The van der Waals surface area contributed by atoms with Crippen LogP contribution in [0.2, 0.25) is 0 Å². The number of amides is 1. The lowest BCUT2D eigenvalue weighted by atomic mass is 9.96. The van der Waals surface area contributed by atoms with Crippen LogP contribution in [-0.2, 0) is 9.47 Å². The van der Waals surface area contributed by atoms with Gasteiger partial charge >= 0.3 is 6.09 Å². The van der Waals surface area contributed by atoms with Gasteiger partial charge in [-0.15, -0.1) is 9.24 Å². The monoisotopic (exact) mass is 484 g/mol. The molecule has 0 spiro atoms. The topological polar surface area (TPSA) is 87.3 Å². The van der Waals surface area contributed by atoms with Gasteiger partial charge in [0.15, 0.2) is 11.5 Å². The van der Waals surface area contributed by atoms with Gasteiger partial charge in [0.25, 0.3) is 0 Å². The van der Waals surface area contributed by atoms with E-state index in [1.807, 2.05) is 6.92 Å². The number of hydrogen-bond donors (Lipinski definition) is 2. The van der Waals surface area contributed by atoms with Crippen molar-refractivity contribution < 1.29 is 28.5 Å². The van der Waals surface area contributed by atoms with E-state index in [4.69, 9.17) is 23.7 Å². The van der Waals surface area contributed by atoms with Gasteiger partial charge in [0.05, 0.1) is 40.6 Å². The van der Waals surface area contributed by atoms with Crippen LogP contribution in [0.15, 0.2) is 12.1 Å². The van der Waals surface area contributed by atoms with Crippen LogP contribution >= 0.6 is 9.24 Å². The summed E-state index contributed by atoms with van der Waals surface area (Å²) in [5, 5.41) is 6.47. The van der Waals surface area contributed by atoms with Crippen LogP contribution in [0.1, 0.15) is 50.5 Å². The van der Waals surface area contributed by atoms with Crippen LogP contribution in [0.4, 0.5) is 4.79 Å². The molecule has 0 aromatic heterocycles. The van der Waals surface area contributed by atoms with Crippen molar-refractivity contribution in [2.24, 2.45) is 0 Å². The molecule has 0 saturated heterocycles. The van der Waals surface area contributed by atoms with E-state index in [-0.39, 0.29) is 11.0 Å². The molecule has 0 aliphatic heterocycles. The second kappa shape index (κ2) is 15.3. The molecule has 0 heterocycles. The fourth-order valence-electron chi connectivity index (χ4n) is 3.87. The van der Waals surface area contributed by atoms with E-state index in [1.165, 1.54) is 59.2 Å². The Hall–Kier alpha value is -1.60. The minimum absolute atomic E-state index is 0.160. The Balaban J connectivity index is 1.53. The SMILES string of the molecule is COc1cc(C)cc(OC)c1OC(=O)NCCOCCOCCNC1(P)CCCCCCC1. The summed E-state index contributed by atoms with van der Waals surface area (Å²) < 4.78 is 27.1. The molecular weight excluding hydrogens is 443 g/mol. The Kier molecular flexibility index (Phi) is 12.8. The van der Waals surface area contributed by atoms with E-state index < -0.39 is 6.09 Å². The van der Waals surface area contributed by atoms with Gasteiger partial charge in [0.1, 0.15) is 0 Å². The van der Waals surface area contributed by atoms with Gasteiger partial charge in [-0.2, -0.15) is 0 Å². The lowest BCUT2D eigenvalue weighted by molar-refractivity contribution is 0.0487. The third-order valence-corrected chi connectivity index (χ3v) is 6.44. The third-order valence-electron chi connectivity index (χ3n) is 5.66. The fraction of sp³-hybridized carbons (Fsp3) is 0.708. The van der Waals surface area contributed by atoms with Crippen molar-refractivity contribution in [3.63, 3.8) is 0 Å². The first-order valence-electron chi connectivity index (χ1n) is 11.8. The first-order valence-corrected chi connectivity index (χ1v) is 12.4. The average Bonchev–Trinajstić information content (AvgIpc) is 2.78. The van der Waals surface area contributed by atoms with Crippen LogP contribution in [0.3, 0.4) is 0 Å². The van der Waals surface area contributed by atoms with Crippen LogP contribution in [-0.4, -0.2) is 65.1 Å². The molecule has 0 radical (unpaired) electrons. The minimum Gasteiger partial charge on any atom is -0.493 e. The smallest absolute Gasteiger partial charge is 0.412 e. The Bertz CT molecular complexity index is 685. The number of methoxy groups -OCH3 is 2. The standard InChI is InChI=1S/C24H41N2O6P/c1-19-17-20(28-2)22(21(18-19)29-3)32-23(27)25-11-13-30-15-16-31-14-12-26-24(33)9-7-5-4-6-8-10-24/h17-18,26H,4-16,33H2,1-3H3,(H,25,27). The molecule has 1 unspecified atom stereocenters. The van der Waals surface area contributed by atoms with Crippen molar-refractivity contribution in [1.29, 1.82) is 0 Å². The van der Waals surface area contributed by atoms with Gasteiger partial charge in [-0.1, -0.05) is 32.1 Å². The highest BCUT2D eigenvalue weighted by atomic mass is 31.0. The summed E-state index contributed by atoms with van der Waals surface area (Å²) >= 11 is 0. The highest BCUT2D eigenvalue weighted by molar-refractivity contribution is 7.18. The molecule has 1 saturated carbocycles. The van der Waals surface area contributed by atoms with Gasteiger partial charge in [-0.05, 0) is 37.5 Å². The maximum atomic E-state index is 12.1. The highest BCUT2D eigenvalue weighted by Gasteiger charge is 2.23. The Morgan fingerprint density at radius 3 is 2.03 bits per heavy atom. The molecule has 1 aromatic carbocycles. The number of benzene rings is 1. The van der Waals surface area contributed by atoms with E-state index in [9.17, 15) is 4.79 Å². The van der Waals surface area contributed by atoms with Crippen molar-refractivity contribution in [1.82, 2.24) is 10.6 Å². The molecular formula is C24H41N2O6P. The number of hydrogen-bond acceptors (Lipinski definition) is 7. The molecule has 9 heteroatoms. The minimum atomic E-state index is -0.595. The number of nitrogens with one attached hydrogen (secondary N) is 2. The van der Waals surface area contributed by atoms with E-state index in [1.54, 1.807) is 12.1 Å². The van der Waals surface area contributed by atoms with Gasteiger partial charge in [0, 0.05) is 18.4 Å². The molecule has 0 bridgehead atoms. The fourth-order valence-corrected chi connectivity index (χ4v) is 4.43. The quantitative estimate of drug-likeness (QED) is 0.323. The molecule has 1 atom stereocenters. The molecule has 1 aliphatic carbocycles. The average molecular weight is 485 g/mol. The Morgan fingerprint density at radius 1 is 0.909 bits per heavy atom. The van der Waals surface area contributed by atoms with Crippen molar-refractivity contribution in [3.8, 4) is 17.2 Å². The lowest BCUT2D eigenvalue weighted by Crippen LogP contribution is -2.41. The number of ether oxygens (including phenoxy) is 5. The Morgan fingerprint density at radius 2 is 1.45 bits per heavy atom. The zero-order valence-corrected chi connectivity index (χ0v) is 21.5. The molecule has 1 aliphatic rings. The van der Waals surface area contributed by atoms with E-state index in [2.05, 4.69) is 19.9 Å². The maximum Gasteiger partial charge on any atom is 0.412 e. The summed E-state index contributed by atoms with van der Waals surface area (Å²) in [7, 11) is 6.06. The first-order chi connectivity index (χ1) is 16.0. The van der Waals surface area contributed by atoms with Gasteiger partial charge in [-0.25, -0.2) is 4.79 Å². The Labute approximate surface area is 200 Å². The molecule has 2 N–H and O–H groups in total. The molecule has 33 heavy (non-hydrogen) atoms. The second-order valence-corrected chi connectivity index (χ2v) is 9.50. The molecule has 2 rings (SSSR count). The number of aryl methyl sites for hydroxylation is 1. The van der Waals surface area contributed by atoms with Gasteiger partial charge < -0.3 is 34.3 Å². The molecule has 8 nitrogen and oxygen atoms in total.